The van der Waals surface area contributed by atoms with Gasteiger partial charge in [0.2, 0.25) is 6.04 Å². The van der Waals surface area contributed by atoms with Crippen LogP contribution in [0.2, 0.25) is 0 Å². The van der Waals surface area contributed by atoms with Crippen LogP contribution in [0.5, 0.6) is 0 Å². The maximum absolute atomic E-state index is 12.6. The van der Waals surface area contributed by atoms with Crippen LogP contribution in [-0.4, -0.2) is 17.7 Å². The molecule has 0 saturated heterocycles. The highest BCUT2D eigenvalue weighted by Crippen LogP contribution is 2.24. The zero-order chi connectivity index (χ0) is 20.3. The molecule has 1 N–H and O–H groups in total. The second-order valence-corrected chi connectivity index (χ2v) is 7.19. The molecular weight excluding hydrogens is 338 g/mol. The van der Waals surface area contributed by atoms with E-state index in [2.05, 4.69) is 15.5 Å². The van der Waals surface area contributed by atoms with Crippen molar-refractivity contribution >= 4 is 23.1 Å². The zero-order valence-corrected chi connectivity index (χ0v) is 17.1. The molecule has 0 aliphatic rings. The highest BCUT2D eigenvalue weighted by molar-refractivity contribution is 6.10. The van der Waals surface area contributed by atoms with Crippen LogP contribution in [0.4, 0.5) is 11.4 Å². The first kappa shape index (κ1) is 20.5. The van der Waals surface area contributed by atoms with Crippen molar-refractivity contribution in [1.82, 2.24) is 0 Å². The molecule has 27 heavy (non-hydrogen) atoms. The van der Waals surface area contributed by atoms with E-state index in [0.29, 0.717) is 11.4 Å². The van der Waals surface area contributed by atoms with E-state index >= 15 is 0 Å². The lowest BCUT2D eigenvalue weighted by Gasteiger charge is -2.13. The molecule has 2 rings (SSSR count). The normalized spacial score (nSPS) is 12.3. The third-order valence-electron chi connectivity index (χ3n) is 4.83. The number of anilines is 1. The number of hydrogen-bond acceptors (Lipinski definition) is 4. The molecule has 1 atom stereocenters. The molecule has 0 spiro atoms. The van der Waals surface area contributed by atoms with Gasteiger partial charge in [-0.15, -0.1) is 0 Å². The minimum Gasteiger partial charge on any atom is -0.324 e. The van der Waals surface area contributed by atoms with E-state index in [0.717, 1.165) is 33.4 Å². The number of hydrogen-bond donors (Lipinski definition) is 1. The number of azo groups is 1. The summed E-state index contributed by atoms with van der Waals surface area (Å²) in [5, 5.41) is 11.1. The molecule has 0 radical (unpaired) electrons. The Morgan fingerprint density at radius 3 is 1.89 bits per heavy atom. The van der Waals surface area contributed by atoms with Gasteiger partial charge in [0.05, 0.1) is 5.69 Å². The number of nitrogens with one attached hydrogen (secondary N) is 1. The number of benzene rings is 2. The summed E-state index contributed by atoms with van der Waals surface area (Å²) in [6.07, 6.45) is 0. The highest BCUT2D eigenvalue weighted by Gasteiger charge is 2.24. The van der Waals surface area contributed by atoms with Gasteiger partial charge in [-0.05, 0) is 94.0 Å². The van der Waals surface area contributed by atoms with E-state index in [-0.39, 0.29) is 5.78 Å². The van der Waals surface area contributed by atoms with Crippen LogP contribution in [0.3, 0.4) is 0 Å². The molecule has 0 aliphatic carbocycles. The fourth-order valence-electron chi connectivity index (χ4n) is 2.79. The third-order valence-corrected chi connectivity index (χ3v) is 4.83. The topological polar surface area (TPSA) is 70.9 Å². The minimum absolute atomic E-state index is 0.348. The smallest absolute Gasteiger partial charge is 0.258 e. The van der Waals surface area contributed by atoms with Crippen LogP contribution >= 0.6 is 0 Å². The van der Waals surface area contributed by atoms with Gasteiger partial charge in [-0.3, -0.25) is 9.59 Å². The summed E-state index contributed by atoms with van der Waals surface area (Å²) in [6, 6.07) is 6.67. The van der Waals surface area contributed by atoms with E-state index in [9.17, 15) is 9.59 Å². The number of Topliss-reactive ketones (excluding diaryl/α,β-unsaturated/α-hetero) is 1. The zero-order valence-electron chi connectivity index (χ0n) is 17.1. The molecule has 0 fully saturated rings. The first-order valence-electron chi connectivity index (χ1n) is 8.98. The average Bonchev–Trinajstić information content (AvgIpc) is 2.57. The predicted molar refractivity (Wildman–Crippen MR) is 109 cm³/mol. The number of carbonyl (C=O) groups is 2. The van der Waals surface area contributed by atoms with Crippen molar-refractivity contribution in [2.24, 2.45) is 10.2 Å². The van der Waals surface area contributed by atoms with Gasteiger partial charge in [0.25, 0.3) is 5.91 Å². The van der Waals surface area contributed by atoms with Crippen molar-refractivity contribution in [3.63, 3.8) is 0 Å². The number of amides is 1. The van der Waals surface area contributed by atoms with Crippen molar-refractivity contribution in [3.05, 3.63) is 57.6 Å². The summed E-state index contributed by atoms with van der Waals surface area (Å²) in [6.45, 7) is 13.2. The molecule has 0 bridgehead atoms. The van der Waals surface area contributed by atoms with Crippen molar-refractivity contribution in [2.75, 3.05) is 5.32 Å². The molecule has 2 aromatic carbocycles. The fraction of sp³-hybridized carbons (Fsp3) is 0.364. The van der Waals surface area contributed by atoms with E-state index in [1.165, 1.54) is 6.92 Å². The predicted octanol–water partition coefficient (Wildman–Crippen LogP) is 5.22. The molecule has 0 aliphatic heterocycles. The fourth-order valence-corrected chi connectivity index (χ4v) is 2.79. The van der Waals surface area contributed by atoms with Gasteiger partial charge in [-0.2, -0.15) is 10.2 Å². The lowest BCUT2D eigenvalue weighted by atomic mass is 10.0. The first-order chi connectivity index (χ1) is 12.6. The van der Waals surface area contributed by atoms with Gasteiger partial charge >= 0.3 is 0 Å². The van der Waals surface area contributed by atoms with E-state index in [1.54, 1.807) is 0 Å². The molecule has 0 aromatic heterocycles. The molecule has 5 heteroatoms. The number of rotatable bonds is 5. The molecule has 0 saturated carbocycles. The third kappa shape index (κ3) is 4.88. The van der Waals surface area contributed by atoms with Gasteiger partial charge in [0.1, 0.15) is 0 Å². The second-order valence-electron chi connectivity index (χ2n) is 7.19. The molecular formula is C22H27N3O2. The van der Waals surface area contributed by atoms with Crippen LogP contribution in [-0.2, 0) is 9.59 Å². The standard InChI is InChI=1S/C22H27N3O2/c1-12-8-16(5)19(10-14(12)3)23-22(27)21(18(7)26)25-24-20-11-15(4)13(2)9-17(20)6/h8-11,21H,1-7H3,(H,23,27)/b25-24+. The maximum atomic E-state index is 12.6. The van der Waals surface area contributed by atoms with Gasteiger partial charge in [0, 0.05) is 5.69 Å². The molecule has 142 valence electrons. The minimum atomic E-state index is -1.17. The highest BCUT2D eigenvalue weighted by atomic mass is 16.2. The Morgan fingerprint density at radius 1 is 0.778 bits per heavy atom. The summed E-state index contributed by atoms with van der Waals surface area (Å²) in [5.74, 6) is -0.821. The van der Waals surface area contributed by atoms with Gasteiger partial charge in [-0.1, -0.05) is 12.1 Å². The van der Waals surface area contributed by atoms with Crippen molar-refractivity contribution < 1.29 is 9.59 Å². The molecule has 0 heterocycles. The quantitative estimate of drug-likeness (QED) is 0.583. The molecule has 1 unspecified atom stereocenters. The lowest BCUT2D eigenvalue weighted by Crippen LogP contribution is -2.32. The molecule has 2 aromatic rings. The van der Waals surface area contributed by atoms with E-state index in [1.807, 2.05) is 65.8 Å². The Balaban J connectivity index is 2.27. The molecule has 5 nitrogen and oxygen atoms in total. The number of carbonyl (C=O) groups excluding carboxylic acids is 2. The summed E-state index contributed by atoms with van der Waals surface area (Å²) >= 11 is 0. The largest absolute Gasteiger partial charge is 0.324 e. The lowest BCUT2D eigenvalue weighted by molar-refractivity contribution is -0.126. The summed E-state index contributed by atoms with van der Waals surface area (Å²) in [5.41, 5.74) is 7.72. The number of aryl methyl sites for hydroxylation is 6. The van der Waals surface area contributed by atoms with E-state index in [4.69, 9.17) is 0 Å². The summed E-state index contributed by atoms with van der Waals surface area (Å²) in [4.78, 5) is 24.6. The Labute approximate surface area is 160 Å². The van der Waals surface area contributed by atoms with Crippen LogP contribution in [0, 0.1) is 41.5 Å². The van der Waals surface area contributed by atoms with Crippen LogP contribution in [0.25, 0.3) is 0 Å². The molecule has 1 amide bonds. The van der Waals surface area contributed by atoms with Crippen molar-refractivity contribution in [2.45, 2.75) is 54.5 Å². The monoisotopic (exact) mass is 365 g/mol. The van der Waals surface area contributed by atoms with Crippen LogP contribution in [0.15, 0.2) is 34.5 Å². The SMILES string of the molecule is CC(=O)C(/N=N/c1cc(C)c(C)cc1C)C(=O)Nc1cc(C)c(C)cc1C. The Kier molecular flexibility index (Phi) is 6.26. The van der Waals surface area contributed by atoms with Gasteiger partial charge < -0.3 is 5.32 Å². The Bertz CT molecular complexity index is 930. The second kappa shape index (κ2) is 8.25. The van der Waals surface area contributed by atoms with Crippen LogP contribution in [0.1, 0.15) is 40.3 Å². The maximum Gasteiger partial charge on any atom is 0.258 e. The van der Waals surface area contributed by atoms with E-state index < -0.39 is 11.9 Å². The first-order valence-corrected chi connectivity index (χ1v) is 8.98. The average molecular weight is 365 g/mol. The van der Waals surface area contributed by atoms with Crippen LogP contribution < -0.4 is 5.32 Å². The summed E-state index contributed by atoms with van der Waals surface area (Å²) in [7, 11) is 0. The Morgan fingerprint density at radius 2 is 1.30 bits per heavy atom. The summed E-state index contributed by atoms with van der Waals surface area (Å²) < 4.78 is 0. The van der Waals surface area contributed by atoms with Crippen molar-refractivity contribution in [3.8, 4) is 0 Å². The van der Waals surface area contributed by atoms with Gasteiger partial charge in [-0.25, -0.2) is 0 Å². The van der Waals surface area contributed by atoms with Crippen molar-refractivity contribution in [1.29, 1.82) is 0 Å². The number of nitrogens with zero attached hydrogens (tertiary/aromatic N) is 2. The Hall–Kier alpha value is -2.82. The van der Waals surface area contributed by atoms with Gasteiger partial charge in [0.15, 0.2) is 5.78 Å². The number of ketones is 1.